The Labute approximate surface area is 107 Å². The zero-order valence-electron chi connectivity index (χ0n) is 10.4. The first-order valence-electron chi connectivity index (χ1n) is 6.87. The molecule has 1 heterocycles. The topological polar surface area (TPSA) is 25.8 Å². The molecule has 0 N–H and O–H groups in total. The van der Waals surface area contributed by atoms with Crippen LogP contribution in [0.25, 0.3) is 11.3 Å². The summed E-state index contributed by atoms with van der Waals surface area (Å²) in [7, 11) is 0. The smallest absolute Gasteiger partial charge is 0.132 e. The maximum atomic E-state index is 4.87. The van der Waals surface area contributed by atoms with E-state index in [0.717, 1.165) is 18.7 Å². The summed E-state index contributed by atoms with van der Waals surface area (Å²) in [6.45, 7) is 0. The number of aromatic nitrogens is 2. The number of fused-ring (bicyclic) bond motifs is 1. The quantitative estimate of drug-likeness (QED) is 0.797. The Morgan fingerprint density at radius 2 is 1.78 bits per heavy atom. The van der Waals surface area contributed by atoms with Gasteiger partial charge in [0.1, 0.15) is 5.82 Å². The lowest BCUT2D eigenvalue weighted by Gasteiger charge is -2.09. The Bertz CT molecular complexity index is 586. The molecule has 0 unspecified atom stereocenters. The lowest BCUT2D eigenvalue weighted by Crippen LogP contribution is -2.02. The average molecular weight is 236 g/mol. The van der Waals surface area contributed by atoms with E-state index in [9.17, 15) is 0 Å². The molecule has 18 heavy (non-hydrogen) atoms. The Kier molecular flexibility index (Phi) is 2.22. The monoisotopic (exact) mass is 236 g/mol. The van der Waals surface area contributed by atoms with Gasteiger partial charge in [0.2, 0.25) is 0 Å². The van der Waals surface area contributed by atoms with Crippen molar-refractivity contribution in [2.24, 2.45) is 0 Å². The largest absolute Gasteiger partial charge is 0.237 e. The van der Waals surface area contributed by atoms with Crippen LogP contribution >= 0.6 is 0 Å². The van der Waals surface area contributed by atoms with E-state index in [4.69, 9.17) is 9.97 Å². The summed E-state index contributed by atoms with van der Waals surface area (Å²) in [5.74, 6) is 1.73. The standard InChI is InChI=1S/C16H16N2/c1-2-5-11(6-3-1)15-13-7-4-8-14(13)17-16(18-15)12-9-10-12/h1-3,5-6,12H,4,7-10H2. The number of benzene rings is 1. The van der Waals surface area contributed by atoms with Crippen LogP contribution in [-0.4, -0.2) is 9.97 Å². The van der Waals surface area contributed by atoms with Crippen molar-refractivity contribution in [3.05, 3.63) is 47.4 Å². The number of aryl methyl sites for hydroxylation is 1. The van der Waals surface area contributed by atoms with E-state index in [-0.39, 0.29) is 0 Å². The molecule has 4 rings (SSSR count). The van der Waals surface area contributed by atoms with Crippen molar-refractivity contribution in [3.8, 4) is 11.3 Å². The van der Waals surface area contributed by atoms with Gasteiger partial charge in [0.25, 0.3) is 0 Å². The third-order valence-electron chi connectivity index (χ3n) is 3.94. The zero-order chi connectivity index (χ0) is 11.9. The van der Waals surface area contributed by atoms with Gasteiger partial charge in [-0.3, -0.25) is 0 Å². The molecule has 1 aromatic heterocycles. The van der Waals surface area contributed by atoms with E-state index >= 15 is 0 Å². The number of rotatable bonds is 2. The first-order valence-corrected chi connectivity index (χ1v) is 6.87. The second-order valence-corrected chi connectivity index (χ2v) is 5.35. The van der Waals surface area contributed by atoms with Gasteiger partial charge < -0.3 is 0 Å². The van der Waals surface area contributed by atoms with Gasteiger partial charge in [-0.15, -0.1) is 0 Å². The van der Waals surface area contributed by atoms with E-state index in [0.29, 0.717) is 5.92 Å². The summed E-state index contributed by atoms with van der Waals surface area (Å²) in [4.78, 5) is 9.66. The van der Waals surface area contributed by atoms with Gasteiger partial charge in [-0.05, 0) is 32.1 Å². The van der Waals surface area contributed by atoms with Gasteiger partial charge in [0.05, 0.1) is 5.69 Å². The summed E-state index contributed by atoms with van der Waals surface area (Å²) in [5.41, 5.74) is 5.15. The summed E-state index contributed by atoms with van der Waals surface area (Å²) < 4.78 is 0. The fraction of sp³-hybridized carbons (Fsp3) is 0.375. The molecule has 90 valence electrons. The maximum Gasteiger partial charge on any atom is 0.132 e. The summed E-state index contributed by atoms with van der Waals surface area (Å²) in [6.07, 6.45) is 6.06. The van der Waals surface area contributed by atoms with Crippen LogP contribution in [0.1, 0.15) is 42.3 Å². The maximum absolute atomic E-state index is 4.87. The van der Waals surface area contributed by atoms with Crippen LogP contribution in [0.4, 0.5) is 0 Å². The van der Waals surface area contributed by atoms with Crippen molar-refractivity contribution in [1.29, 1.82) is 0 Å². The molecular weight excluding hydrogens is 220 g/mol. The van der Waals surface area contributed by atoms with E-state index in [1.54, 1.807) is 0 Å². The van der Waals surface area contributed by atoms with E-state index in [1.165, 1.54) is 41.8 Å². The molecule has 2 heteroatoms. The van der Waals surface area contributed by atoms with Crippen LogP contribution in [-0.2, 0) is 12.8 Å². The highest BCUT2D eigenvalue weighted by molar-refractivity contribution is 5.64. The second kappa shape index (κ2) is 3.91. The molecule has 0 atom stereocenters. The number of nitrogens with zero attached hydrogens (tertiary/aromatic N) is 2. The average Bonchev–Trinajstić information content (AvgIpc) is 3.17. The fourth-order valence-corrected chi connectivity index (χ4v) is 2.81. The van der Waals surface area contributed by atoms with Crippen LogP contribution in [0.15, 0.2) is 30.3 Å². The van der Waals surface area contributed by atoms with E-state index in [2.05, 4.69) is 30.3 Å². The van der Waals surface area contributed by atoms with Gasteiger partial charge >= 0.3 is 0 Å². The van der Waals surface area contributed by atoms with Crippen LogP contribution in [0.5, 0.6) is 0 Å². The van der Waals surface area contributed by atoms with Crippen molar-refractivity contribution in [3.63, 3.8) is 0 Å². The van der Waals surface area contributed by atoms with Gasteiger partial charge in [0.15, 0.2) is 0 Å². The van der Waals surface area contributed by atoms with E-state index < -0.39 is 0 Å². The minimum atomic E-state index is 0.637. The molecule has 0 saturated heterocycles. The van der Waals surface area contributed by atoms with Crippen LogP contribution in [0.3, 0.4) is 0 Å². The Balaban J connectivity index is 1.90. The van der Waals surface area contributed by atoms with Crippen LogP contribution in [0.2, 0.25) is 0 Å². The van der Waals surface area contributed by atoms with Crippen molar-refractivity contribution in [2.75, 3.05) is 0 Å². The lowest BCUT2D eigenvalue weighted by molar-refractivity contribution is 0.873. The number of hydrogen-bond donors (Lipinski definition) is 0. The highest BCUT2D eigenvalue weighted by Crippen LogP contribution is 2.40. The molecule has 0 spiro atoms. The van der Waals surface area contributed by atoms with Crippen LogP contribution in [0, 0.1) is 0 Å². The predicted molar refractivity (Wildman–Crippen MR) is 71.5 cm³/mol. The Morgan fingerprint density at radius 3 is 2.56 bits per heavy atom. The van der Waals surface area contributed by atoms with E-state index in [1.807, 2.05) is 0 Å². The number of hydrogen-bond acceptors (Lipinski definition) is 2. The minimum Gasteiger partial charge on any atom is -0.237 e. The highest BCUT2D eigenvalue weighted by atomic mass is 14.9. The normalized spacial score (nSPS) is 17.8. The molecule has 0 amide bonds. The second-order valence-electron chi connectivity index (χ2n) is 5.35. The Hall–Kier alpha value is -1.70. The summed E-state index contributed by atoms with van der Waals surface area (Å²) in [6, 6.07) is 10.6. The molecular formula is C16H16N2. The first kappa shape index (κ1) is 10.2. The fourth-order valence-electron chi connectivity index (χ4n) is 2.81. The SMILES string of the molecule is c1ccc(-c2nc(C3CC3)nc3c2CCC3)cc1. The van der Waals surface area contributed by atoms with Crippen molar-refractivity contribution in [1.82, 2.24) is 9.97 Å². The zero-order valence-corrected chi connectivity index (χ0v) is 10.4. The summed E-state index contributed by atoms with van der Waals surface area (Å²) >= 11 is 0. The molecule has 0 aliphatic heterocycles. The van der Waals surface area contributed by atoms with Crippen LogP contribution < -0.4 is 0 Å². The summed E-state index contributed by atoms with van der Waals surface area (Å²) in [5, 5.41) is 0. The molecule has 1 fully saturated rings. The molecule has 2 nitrogen and oxygen atoms in total. The molecule has 2 aliphatic rings. The molecule has 0 radical (unpaired) electrons. The van der Waals surface area contributed by atoms with Gasteiger partial charge in [-0.1, -0.05) is 30.3 Å². The van der Waals surface area contributed by atoms with Gasteiger partial charge in [-0.25, -0.2) is 9.97 Å². The lowest BCUT2D eigenvalue weighted by atomic mass is 10.1. The molecule has 2 aromatic rings. The first-order chi connectivity index (χ1) is 8.92. The van der Waals surface area contributed by atoms with Crippen molar-refractivity contribution in [2.45, 2.75) is 38.0 Å². The molecule has 0 bridgehead atoms. The minimum absolute atomic E-state index is 0.637. The van der Waals surface area contributed by atoms with Crippen molar-refractivity contribution < 1.29 is 0 Å². The third-order valence-corrected chi connectivity index (χ3v) is 3.94. The van der Waals surface area contributed by atoms with Gasteiger partial charge in [-0.2, -0.15) is 0 Å². The highest BCUT2D eigenvalue weighted by Gasteiger charge is 2.29. The van der Waals surface area contributed by atoms with Gasteiger partial charge in [0, 0.05) is 22.7 Å². The molecule has 1 aromatic carbocycles. The van der Waals surface area contributed by atoms with Crippen molar-refractivity contribution >= 4 is 0 Å². The molecule has 2 aliphatic carbocycles. The Morgan fingerprint density at radius 1 is 0.944 bits per heavy atom. The predicted octanol–water partition coefficient (Wildman–Crippen LogP) is 3.51. The molecule has 1 saturated carbocycles. The third kappa shape index (κ3) is 1.64.